The minimum Gasteiger partial charge on any atom is -0.492 e. The maximum atomic E-state index is 5.75. The summed E-state index contributed by atoms with van der Waals surface area (Å²) in [4.78, 5) is 0. The fourth-order valence-corrected chi connectivity index (χ4v) is 2.78. The van der Waals surface area contributed by atoms with E-state index in [9.17, 15) is 0 Å². The van der Waals surface area contributed by atoms with E-state index in [2.05, 4.69) is 57.3 Å². The van der Waals surface area contributed by atoms with Crippen molar-refractivity contribution in [1.82, 2.24) is 0 Å². The highest BCUT2D eigenvalue weighted by Crippen LogP contribution is 2.21. The summed E-state index contributed by atoms with van der Waals surface area (Å²) in [6.45, 7) is 1.46. The van der Waals surface area contributed by atoms with E-state index in [-0.39, 0.29) is 0 Å². The lowest BCUT2D eigenvalue weighted by Gasteiger charge is -2.09. The van der Waals surface area contributed by atoms with Crippen molar-refractivity contribution in [2.24, 2.45) is 0 Å². The van der Waals surface area contributed by atoms with Crippen LogP contribution >= 0.6 is 45.2 Å². The molecular formula is C16H16I2O2. The molecule has 0 amide bonds. The predicted molar refractivity (Wildman–Crippen MR) is 98.5 cm³/mol. The standard InChI is InChI=1S/C16H16I2O2/c17-13-7-1-3-9-15(13)19-11-5-6-12-20-16-10-4-2-8-14(16)18/h1-4,7-10H,5-6,11-12H2. The minimum absolute atomic E-state index is 0.731. The summed E-state index contributed by atoms with van der Waals surface area (Å²) in [6.07, 6.45) is 1.99. The first-order valence-electron chi connectivity index (χ1n) is 6.52. The van der Waals surface area contributed by atoms with Crippen LogP contribution in [0.25, 0.3) is 0 Å². The third-order valence-corrected chi connectivity index (χ3v) is 4.51. The zero-order valence-electron chi connectivity index (χ0n) is 11.0. The molecule has 0 unspecified atom stereocenters. The van der Waals surface area contributed by atoms with Crippen LogP contribution in [0.1, 0.15) is 12.8 Å². The van der Waals surface area contributed by atoms with Gasteiger partial charge in [-0.25, -0.2) is 0 Å². The summed E-state index contributed by atoms with van der Waals surface area (Å²) in [5.74, 6) is 1.93. The van der Waals surface area contributed by atoms with Crippen LogP contribution in [-0.2, 0) is 0 Å². The van der Waals surface area contributed by atoms with Gasteiger partial charge in [0.25, 0.3) is 0 Å². The van der Waals surface area contributed by atoms with E-state index in [1.807, 2.05) is 36.4 Å². The Morgan fingerprint density at radius 1 is 0.650 bits per heavy atom. The van der Waals surface area contributed by atoms with Crippen LogP contribution in [0.2, 0.25) is 0 Å². The molecule has 0 spiro atoms. The number of ether oxygens (including phenoxy) is 2. The van der Waals surface area contributed by atoms with E-state index in [1.54, 1.807) is 0 Å². The van der Waals surface area contributed by atoms with Gasteiger partial charge >= 0.3 is 0 Å². The number of para-hydroxylation sites is 2. The lowest BCUT2D eigenvalue weighted by Crippen LogP contribution is -2.03. The van der Waals surface area contributed by atoms with Gasteiger partial charge in [0.1, 0.15) is 11.5 Å². The third-order valence-electron chi connectivity index (χ3n) is 2.73. The highest BCUT2D eigenvalue weighted by Gasteiger charge is 2.00. The molecule has 2 rings (SSSR count). The number of rotatable bonds is 7. The topological polar surface area (TPSA) is 18.5 Å². The molecule has 2 aromatic rings. The van der Waals surface area contributed by atoms with Crippen LogP contribution in [0.4, 0.5) is 0 Å². The molecule has 106 valence electrons. The first kappa shape index (κ1) is 15.9. The quantitative estimate of drug-likeness (QED) is 0.393. The van der Waals surface area contributed by atoms with Crippen LogP contribution in [0.5, 0.6) is 11.5 Å². The Labute approximate surface area is 147 Å². The van der Waals surface area contributed by atoms with Crippen LogP contribution in [0.15, 0.2) is 48.5 Å². The zero-order valence-corrected chi connectivity index (χ0v) is 15.3. The number of unbranched alkanes of at least 4 members (excludes halogenated alkanes) is 1. The Kier molecular flexibility index (Phi) is 6.92. The van der Waals surface area contributed by atoms with E-state index >= 15 is 0 Å². The number of hydrogen-bond donors (Lipinski definition) is 0. The van der Waals surface area contributed by atoms with Crippen molar-refractivity contribution in [3.63, 3.8) is 0 Å². The molecule has 0 saturated carbocycles. The van der Waals surface area contributed by atoms with Gasteiger partial charge in [-0.05, 0) is 82.3 Å². The molecule has 2 aromatic carbocycles. The van der Waals surface area contributed by atoms with Crippen molar-refractivity contribution < 1.29 is 9.47 Å². The van der Waals surface area contributed by atoms with Crippen molar-refractivity contribution >= 4 is 45.2 Å². The predicted octanol–water partition coefficient (Wildman–Crippen LogP) is 5.13. The first-order valence-corrected chi connectivity index (χ1v) is 8.68. The molecule has 0 atom stereocenters. The van der Waals surface area contributed by atoms with Gasteiger partial charge in [-0.2, -0.15) is 0 Å². The molecule has 0 radical (unpaired) electrons. The van der Waals surface area contributed by atoms with Gasteiger partial charge in [-0.15, -0.1) is 0 Å². The van der Waals surface area contributed by atoms with Crippen LogP contribution in [0, 0.1) is 7.14 Å². The lowest BCUT2D eigenvalue weighted by molar-refractivity contribution is 0.264. The molecule has 0 bridgehead atoms. The van der Waals surface area contributed by atoms with Crippen LogP contribution < -0.4 is 9.47 Å². The molecule has 20 heavy (non-hydrogen) atoms. The Morgan fingerprint density at radius 3 is 1.45 bits per heavy atom. The number of halogens is 2. The van der Waals surface area contributed by atoms with Gasteiger partial charge in [0.2, 0.25) is 0 Å². The molecule has 2 nitrogen and oxygen atoms in total. The first-order chi connectivity index (χ1) is 9.77. The summed E-state index contributed by atoms with van der Waals surface area (Å²) < 4.78 is 13.8. The summed E-state index contributed by atoms with van der Waals surface area (Å²) in [7, 11) is 0. The maximum absolute atomic E-state index is 5.75. The van der Waals surface area contributed by atoms with Crippen molar-refractivity contribution in [2.45, 2.75) is 12.8 Å². The maximum Gasteiger partial charge on any atom is 0.132 e. The normalized spacial score (nSPS) is 10.3. The number of benzene rings is 2. The molecular weight excluding hydrogens is 478 g/mol. The zero-order chi connectivity index (χ0) is 14.2. The molecule has 4 heteroatoms. The van der Waals surface area contributed by atoms with Crippen molar-refractivity contribution in [1.29, 1.82) is 0 Å². The van der Waals surface area contributed by atoms with E-state index < -0.39 is 0 Å². The van der Waals surface area contributed by atoms with Gasteiger partial charge in [0.05, 0.1) is 20.4 Å². The second-order valence-corrected chi connectivity index (χ2v) is 6.59. The SMILES string of the molecule is Ic1ccccc1OCCCCOc1ccccc1I. The molecule has 0 saturated heterocycles. The fraction of sp³-hybridized carbons (Fsp3) is 0.250. The summed E-state index contributed by atoms with van der Waals surface area (Å²) >= 11 is 4.58. The van der Waals surface area contributed by atoms with E-state index in [0.717, 1.165) is 44.7 Å². The van der Waals surface area contributed by atoms with Crippen molar-refractivity contribution in [3.8, 4) is 11.5 Å². The largest absolute Gasteiger partial charge is 0.492 e. The van der Waals surface area contributed by atoms with Crippen molar-refractivity contribution in [3.05, 3.63) is 55.7 Å². The van der Waals surface area contributed by atoms with Crippen molar-refractivity contribution in [2.75, 3.05) is 13.2 Å². The summed E-state index contributed by atoms with van der Waals surface area (Å²) in [6, 6.07) is 16.1. The second-order valence-electron chi connectivity index (χ2n) is 4.26. The van der Waals surface area contributed by atoms with Crippen LogP contribution in [-0.4, -0.2) is 13.2 Å². The summed E-state index contributed by atoms with van der Waals surface area (Å²) in [5.41, 5.74) is 0. The van der Waals surface area contributed by atoms with Gasteiger partial charge in [-0.1, -0.05) is 24.3 Å². The average Bonchev–Trinajstić information content (AvgIpc) is 2.46. The molecule has 0 aliphatic rings. The lowest BCUT2D eigenvalue weighted by atomic mass is 10.3. The number of hydrogen-bond acceptors (Lipinski definition) is 2. The molecule has 0 fully saturated rings. The van der Waals surface area contributed by atoms with Crippen LogP contribution in [0.3, 0.4) is 0 Å². The highest BCUT2D eigenvalue weighted by atomic mass is 127. The molecule has 0 aromatic heterocycles. The third kappa shape index (κ3) is 5.12. The smallest absolute Gasteiger partial charge is 0.132 e. The van der Waals surface area contributed by atoms with Gasteiger partial charge in [-0.3, -0.25) is 0 Å². The average molecular weight is 494 g/mol. The molecule has 0 aliphatic heterocycles. The molecule has 0 heterocycles. The van der Waals surface area contributed by atoms with E-state index in [1.165, 1.54) is 0 Å². The van der Waals surface area contributed by atoms with Gasteiger partial charge in [0, 0.05) is 0 Å². The minimum atomic E-state index is 0.731. The van der Waals surface area contributed by atoms with Gasteiger partial charge in [0.15, 0.2) is 0 Å². The van der Waals surface area contributed by atoms with E-state index in [0.29, 0.717) is 0 Å². The van der Waals surface area contributed by atoms with E-state index in [4.69, 9.17) is 9.47 Å². The summed E-state index contributed by atoms with van der Waals surface area (Å²) in [5, 5.41) is 0. The Balaban J connectivity index is 1.63. The monoisotopic (exact) mass is 494 g/mol. The Bertz CT molecular complexity index is 494. The highest BCUT2D eigenvalue weighted by molar-refractivity contribution is 14.1. The second kappa shape index (κ2) is 8.71. The molecule has 0 aliphatic carbocycles. The Morgan fingerprint density at radius 2 is 1.05 bits per heavy atom. The molecule has 0 N–H and O–H groups in total. The van der Waals surface area contributed by atoms with Gasteiger partial charge < -0.3 is 9.47 Å². The fourth-order valence-electron chi connectivity index (χ4n) is 1.69. The Hall–Kier alpha value is -0.500.